The topological polar surface area (TPSA) is 65.8 Å². The molecule has 1 heterocycles. The molecule has 0 amide bonds. The van der Waals surface area contributed by atoms with E-state index in [1.807, 2.05) is 30.3 Å². The van der Waals surface area contributed by atoms with Crippen LogP contribution >= 0.6 is 0 Å². The van der Waals surface area contributed by atoms with Gasteiger partial charge in [0.05, 0.1) is 6.20 Å². The summed E-state index contributed by atoms with van der Waals surface area (Å²) in [4.78, 5) is 3.93. The Labute approximate surface area is 98.4 Å². The van der Waals surface area contributed by atoms with Gasteiger partial charge in [0, 0.05) is 6.07 Å². The molecule has 17 heavy (non-hydrogen) atoms. The first kappa shape index (κ1) is 11.4. The largest absolute Gasteiger partial charge is 0.473 e. The van der Waals surface area contributed by atoms with Crippen molar-refractivity contribution in [3.05, 3.63) is 54.2 Å². The maximum absolute atomic E-state index is 8.73. The predicted molar refractivity (Wildman–Crippen MR) is 61.1 cm³/mol. The summed E-state index contributed by atoms with van der Waals surface area (Å²) >= 11 is 0. The van der Waals surface area contributed by atoms with Crippen molar-refractivity contribution in [1.29, 1.82) is 0 Å². The van der Waals surface area contributed by atoms with Crippen molar-refractivity contribution in [2.45, 2.75) is 6.61 Å². The van der Waals surface area contributed by atoms with Gasteiger partial charge in [-0.1, -0.05) is 30.3 Å². The molecule has 0 fully saturated rings. The third-order valence-electron chi connectivity index (χ3n) is 2.18. The Kier molecular flexibility index (Phi) is 3.54. The number of nitrogens with zero attached hydrogens (tertiary/aromatic N) is 2. The van der Waals surface area contributed by atoms with E-state index in [4.69, 9.17) is 15.2 Å². The molecule has 0 saturated heterocycles. The van der Waals surface area contributed by atoms with Crippen LogP contribution in [0.15, 0.2) is 48.7 Å². The highest BCUT2D eigenvalue weighted by Crippen LogP contribution is 2.14. The maximum Gasteiger partial charge on any atom is 0.213 e. The summed E-state index contributed by atoms with van der Waals surface area (Å²) in [5.41, 5.74) is 1.22. The van der Waals surface area contributed by atoms with Crippen molar-refractivity contribution in [3.8, 4) is 5.88 Å². The monoisotopic (exact) mass is 232 g/mol. The van der Waals surface area contributed by atoms with Crippen LogP contribution in [0.1, 0.15) is 5.56 Å². The van der Waals surface area contributed by atoms with Gasteiger partial charge in [0.15, 0.2) is 0 Å². The molecule has 5 heteroatoms. The Hall–Kier alpha value is -2.11. The van der Waals surface area contributed by atoms with E-state index in [1.165, 1.54) is 12.3 Å². The van der Waals surface area contributed by atoms with E-state index >= 15 is 0 Å². The van der Waals surface area contributed by atoms with Crippen LogP contribution in [0.2, 0.25) is 0 Å². The Bertz CT molecular complexity index is 457. The molecule has 0 atom stereocenters. The zero-order valence-corrected chi connectivity index (χ0v) is 9.02. The second-order valence-corrected chi connectivity index (χ2v) is 3.42. The van der Waals surface area contributed by atoms with Gasteiger partial charge in [0.25, 0.3) is 0 Å². The quantitative estimate of drug-likeness (QED) is 0.791. The van der Waals surface area contributed by atoms with Crippen molar-refractivity contribution in [2.24, 2.45) is 0 Å². The molecular weight excluding hydrogens is 220 g/mol. The summed E-state index contributed by atoms with van der Waals surface area (Å²) in [5.74, 6) is 0.430. The molecule has 0 radical (unpaired) electrons. The fourth-order valence-electron chi connectivity index (χ4n) is 1.31. The third-order valence-corrected chi connectivity index (χ3v) is 2.18. The van der Waals surface area contributed by atoms with Crippen LogP contribution in [0.5, 0.6) is 5.88 Å². The van der Waals surface area contributed by atoms with E-state index in [-0.39, 0.29) is 10.9 Å². The lowest BCUT2D eigenvalue weighted by molar-refractivity contribution is 0.0289. The van der Waals surface area contributed by atoms with Crippen molar-refractivity contribution < 1.29 is 15.2 Å². The Morgan fingerprint density at radius 2 is 1.82 bits per heavy atom. The van der Waals surface area contributed by atoms with E-state index in [2.05, 4.69) is 4.98 Å². The van der Waals surface area contributed by atoms with Gasteiger partial charge < -0.3 is 4.74 Å². The first-order valence-electron chi connectivity index (χ1n) is 5.06. The van der Waals surface area contributed by atoms with E-state index < -0.39 is 0 Å². The minimum Gasteiger partial charge on any atom is -0.473 e. The summed E-state index contributed by atoms with van der Waals surface area (Å²) in [6, 6.07) is 12.8. The highest BCUT2D eigenvalue weighted by Gasteiger charge is 2.01. The highest BCUT2D eigenvalue weighted by molar-refractivity contribution is 5.39. The van der Waals surface area contributed by atoms with Gasteiger partial charge in [-0.05, 0) is 11.6 Å². The number of pyridine rings is 1. The summed E-state index contributed by atoms with van der Waals surface area (Å²) in [7, 11) is 0. The smallest absolute Gasteiger partial charge is 0.213 e. The van der Waals surface area contributed by atoms with Crippen molar-refractivity contribution in [1.82, 2.24) is 4.98 Å². The summed E-state index contributed by atoms with van der Waals surface area (Å²) < 4.78 is 5.43. The highest BCUT2D eigenvalue weighted by atomic mass is 16.8. The van der Waals surface area contributed by atoms with E-state index in [1.54, 1.807) is 6.07 Å². The zero-order valence-electron chi connectivity index (χ0n) is 9.02. The fraction of sp³-hybridized carbons (Fsp3) is 0.0833. The number of benzene rings is 1. The second-order valence-electron chi connectivity index (χ2n) is 3.42. The van der Waals surface area contributed by atoms with Crippen molar-refractivity contribution >= 4 is 5.69 Å². The molecule has 1 aromatic carbocycles. The van der Waals surface area contributed by atoms with E-state index in [0.717, 1.165) is 5.56 Å². The van der Waals surface area contributed by atoms with Gasteiger partial charge >= 0.3 is 0 Å². The van der Waals surface area contributed by atoms with Crippen LogP contribution in [0.4, 0.5) is 5.69 Å². The number of rotatable bonds is 4. The SMILES string of the molecule is ON(O)c1ccc(OCc2ccccc2)nc1. The summed E-state index contributed by atoms with van der Waals surface area (Å²) in [6.07, 6.45) is 1.31. The second kappa shape index (κ2) is 5.29. The minimum absolute atomic E-state index is 0.00791. The van der Waals surface area contributed by atoms with Crippen LogP contribution in [-0.4, -0.2) is 15.4 Å². The molecule has 0 aliphatic carbocycles. The molecule has 0 aliphatic heterocycles. The number of ether oxygens (including phenoxy) is 1. The van der Waals surface area contributed by atoms with E-state index in [9.17, 15) is 0 Å². The first-order chi connectivity index (χ1) is 8.25. The van der Waals surface area contributed by atoms with Gasteiger partial charge in [-0.25, -0.2) is 4.98 Å². The molecule has 0 saturated carbocycles. The van der Waals surface area contributed by atoms with Crippen LogP contribution in [0.25, 0.3) is 0 Å². The number of hydrogen-bond acceptors (Lipinski definition) is 5. The van der Waals surface area contributed by atoms with Gasteiger partial charge in [-0.15, -0.1) is 5.23 Å². The predicted octanol–water partition coefficient (Wildman–Crippen LogP) is 2.25. The molecule has 88 valence electrons. The van der Waals surface area contributed by atoms with Crippen LogP contribution < -0.4 is 9.96 Å². The normalized spacial score (nSPS) is 10.0. The lowest BCUT2D eigenvalue weighted by Crippen LogP contribution is -2.11. The number of anilines is 1. The molecule has 0 aliphatic rings. The molecular formula is C12H12N2O3. The molecule has 5 nitrogen and oxygen atoms in total. The van der Waals surface area contributed by atoms with Crippen molar-refractivity contribution in [3.63, 3.8) is 0 Å². The van der Waals surface area contributed by atoms with Gasteiger partial charge in [0.1, 0.15) is 12.3 Å². The molecule has 2 rings (SSSR count). The van der Waals surface area contributed by atoms with E-state index in [0.29, 0.717) is 12.5 Å². The average molecular weight is 232 g/mol. The molecule has 0 spiro atoms. The van der Waals surface area contributed by atoms with Gasteiger partial charge in [-0.2, -0.15) is 0 Å². The third kappa shape index (κ3) is 3.17. The first-order valence-corrected chi connectivity index (χ1v) is 5.06. The number of hydrogen-bond donors (Lipinski definition) is 2. The lowest BCUT2D eigenvalue weighted by atomic mass is 10.2. The zero-order chi connectivity index (χ0) is 12.1. The maximum atomic E-state index is 8.73. The minimum atomic E-state index is 0.00791. The number of aromatic nitrogens is 1. The molecule has 0 bridgehead atoms. The average Bonchev–Trinajstić information content (AvgIpc) is 2.38. The Morgan fingerprint density at radius 1 is 1.06 bits per heavy atom. The molecule has 2 aromatic rings. The summed E-state index contributed by atoms with van der Waals surface area (Å²) in [5, 5.41) is 17.5. The standard InChI is InChI=1S/C12H12N2O3/c15-14(16)11-6-7-12(13-8-11)17-9-10-4-2-1-3-5-10/h1-8,15-16H,9H2. The van der Waals surface area contributed by atoms with Crippen LogP contribution in [0, 0.1) is 0 Å². The summed E-state index contributed by atoms with van der Waals surface area (Å²) in [6.45, 7) is 0.426. The molecule has 2 N–H and O–H groups in total. The Morgan fingerprint density at radius 3 is 2.41 bits per heavy atom. The van der Waals surface area contributed by atoms with Crippen molar-refractivity contribution in [2.75, 3.05) is 5.23 Å². The Balaban J connectivity index is 1.96. The van der Waals surface area contributed by atoms with Gasteiger partial charge in [0.2, 0.25) is 5.88 Å². The van der Waals surface area contributed by atoms with Gasteiger partial charge in [-0.3, -0.25) is 10.4 Å². The molecule has 1 aromatic heterocycles. The van der Waals surface area contributed by atoms with Crippen LogP contribution in [-0.2, 0) is 6.61 Å². The molecule has 0 unspecified atom stereocenters. The fourth-order valence-corrected chi connectivity index (χ4v) is 1.31. The van der Waals surface area contributed by atoms with Crippen LogP contribution in [0.3, 0.4) is 0 Å². The lowest BCUT2D eigenvalue weighted by Gasteiger charge is -2.08.